The van der Waals surface area contributed by atoms with Crippen molar-refractivity contribution < 1.29 is 4.79 Å². The van der Waals surface area contributed by atoms with Gasteiger partial charge in [0, 0.05) is 18.5 Å². The first-order valence-corrected chi connectivity index (χ1v) is 8.65. The number of hydrogen-bond acceptors (Lipinski definition) is 3. The van der Waals surface area contributed by atoms with Gasteiger partial charge in [-0.2, -0.15) is 0 Å². The van der Waals surface area contributed by atoms with E-state index in [0.29, 0.717) is 24.2 Å². The van der Waals surface area contributed by atoms with Crippen LogP contribution in [-0.4, -0.2) is 22.4 Å². The van der Waals surface area contributed by atoms with E-state index in [-0.39, 0.29) is 17.2 Å². The van der Waals surface area contributed by atoms with Crippen LogP contribution in [0.4, 0.5) is 0 Å². The Morgan fingerprint density at radius 1 is 1.21 bits per heavy atom. The summed E-state index contributed by atoms with van der Waals surface area (Å²) in [5.41, 5.74) is 2.79. The molecule has 1 unspecified atom stereocenters. The fourth-order valence-electron chi connectivity index (χ4n) is 3.42. The van der Waals surface area contributed by atoms with E-state index in [1.54, 1.807) is 0 Å². The van der Waals surface area contributed by atoms with Crippen LogP contribution in [0.5, 0.6) is 0 Å². The first-order valence-electron chi connectivity index (χ1n) is 8.65. The Balaban J connectivity index is 1.40. The molecule has 1 heterocycles. The second kappa shape index (κ2) is 6.23. The number of rotatable bonds is 4. The van der Waals surface area contributed by atoms with Gasteiger partial charge in [0.05, 0.1) is 0 Å². The van der Waals surface area contributed by atoms with Gasteiger partial charge in [0.2, 0.25) is 0 Å². The summed E-state index contributed by atoms with van der Waals surface area (Å²) in [5.74, 6) is 1.16. The number of nitrogens with zero attached hydrogens (tertiary/aromatic N) is 1. The number of aryl methyl sites for hydroxylation is 1. The Labute approximate surface area is 140 Å². The van der Waals surface area contributed by atoms with Crippen molar-refractivity contribution in [2.24, 2.45) is 5.92 Å². The third-order valence-corrected chi connectivity index (χ3v) is 4.96. The van der Waals surface area contributed by atoms with Crippen molar-refractivity contribution >= 4 is 5.91 Å². The number of aromatic amines is 1. The zero-order chi connectivity index (χ0) is 16.5. The van der Waals surface area contributed by atoms with E-state index in [1.807, 2.05) is 0 Å². The number of carbonyl (C=O) groups excluding carboxylic acids is 1. The zero-order valence-electron chi connectivity index (χ0n) is 13.5. The summed E-state index contributed by atoms with van der Waals surface area (Å²) in [7, 11) is 0. The highest BCUT2D eigenvalue weighted by Crippen LogP contribution is 2.37. The molecule has 2 aliphatic carbocycles. The molecule has 1 aromatic carbocycles. The molecule has 1 atom stereocenters. The summed E-state index contributed by atoms with van der Waals surface area (Å²) in [6.45, 7) is 0.625. The topological polar surface area (TPSA) is 74.8 Å². The molecule has 0 bridgehead atoms. The SMILES string of the molecule is O=C(NCC1CCc2ccccc2C1)c1cc(=O)[nH]c(C2CC2)n1. The molecule has 0 spiro atoms. The van der Waals surface area contributed by atoms with E-state index in [1.165, 1.54) is 17.2 Å². The number of nitrogens with one attached hydrogen (secondary N) is 2. The van der Waals surface area contributed by atoms with Crippen LogP contribution in [0.15, 0.2) is 35.1 Å². The van der Waals surface area contributed by atoms with E-state index < -0.39 is 0 Å². The standard InChI is InChI=1S/C19H21N3O2/c23-17-10-16(21-18(22-17)14-7-8-14)19(24)20-11-12-5-6-13-3-1-2-4-15(13)9-12/h1-4,10,12,14H,5-9,11H2,(H,20,24)(H,21,22,23). The lowest BCUT2D eigenvalue weighted by Crippen LogP contribution is -2.33. The number of benzene rings is 1. The maximum Gasteiger partial charge on any atom is 0.270 e. The Hall–Kier alpha value is -2.43. The molecule has 4 rings (SSSR count). The van der Waals surface area contributed by atoms with Crippen LogP contribution in [0.2, 0.25) is 0 Å². The zero-order valence-corrected chi connectivity index (χ0v) is 13.5. The molecule has 24 heavy (non-hydrogen) atoms. The minimum absolute atomic E-state index is 0.233. The minimum atomic E-state index is -0.248. The highest BCUT2D eigenvalue weighted by molar-refractivity contribution is 5.92. The van der Waals surface area contributed by atoms with Crippen LogP contribution in [0, 0.1) is 5.92 Å². The second-order valence-electron chi connectivity index (χ2n) is 6.88. The Morgan fingerprint density at radius 3 is 2.79 bits per heavy atom. The molecule has 5 heteroatoms. The first kappa shape index (κ1) is 15.1. The van der Waals surface area contributed by atoms with Gasteiger partial charge in [0.15, 0.2) is 0 Å². The Bertz CT molecular complexity index is 823. The largest absolute Gasteiger partial charge is 0.350 e. The van der Waals surface area contributed by atoms with E-state index >= 15 is 0 Å². The molecule has 124 valence electrons. The van der Waals surface area contributed by atoms with Crippen molar-refractivity contribution in [1.29, 1.82) is 0 Å². The molecule has 1 saturated carbocycles. The molecule has 0 radical (unpaired) electrons. The molecular weight excluding hydrogens is 302 g/mol. The molecule has 0 saturated heterocycles. The van der Waals surface area contributed by atoms with Gasteiger partial charge in [-0.3, -0.25) is 9.59 Å². The monoisotopic (exact) mass is 323 g/mol. The highest BCUT2D eigenvalue weighted by Gasteiger charge is 2.27. The van der Waals surface area contributed by atoms with Gasteiger partial charge in [0.1, 0.15) is 11.5 Å². The van der Waals surface area contributed by atoms with Crippen LogP contribution in [-0.2, 0) is 12.8 Å². The second-order valence-corrected chi connectivity index (χ2v) is 6.88. The van der Waals surface area contributed by atoms with Gasteiger partial charge >= 0.3 is 0 Å². The maximum atomic E-state index is 12.4. The summed E-state index contributed by atoms with van der Waals surface area (Å²) in [4.78, 5) is 31.1. The van der Waals surface area contributed by atoms with Crippen LogP contribution >= 0.6 is 0 Å². The van der Waals surface area contributed by atoms with Gasteiger partial charge in [-0.15, -0.1) is 0 Å². The molecule has 0 aliphatic heterocycles. The van der Waals surface area contributed by atoms with E-state index in [9.17, 15) is 9.59 Å². The fraction of sp³-hybridized carbons (Fsp3) is 0.421. The number of hydrogen-bond donors (Lipinski definition) is 2. The Kier molecular flexibility index (Phi) is 3.92. The molecule has 1 amide bonds. The van der Waals surface area contributed by atoms with Crippen molar-refractivity contribution in [3.63, 3.8) is 0 Å². The minimum Gasteiger partial charge on any atom is -0.350 e. The quantitative estimate of drug-likeness (QED) is 0.905. The molecule has 2 aliphatic rings. The molecule has 2 N–H and O–H groups in total. The highest BCUT2D eigenvalue weighted by atomic mass is 16.2. The lowest BCUT2D eigenvalue weighted by atomic mass is 9.84. The average molecular weight is 323 g/mol. The number of carbonyl (C=O) groups is 1. The van der Waals surface area contributed by atoms with E-state index in [2.05, 4.69) is 39.6 Å². The molecule has 5 nitrogen and oxygen atoms in total. The molecule has 1 fully saturated rings. The number of fused-ring (bicyclic) bond motifs is 1. The maximum absolute atomic E-state index is 12.4. The van der Waals surface area contributed by atoms with Gasteiger partial charge in [-0.1, -0.05) is 24.3 Å². The van der Waals surface area contributed by atoms with Crippen molar-refractivity contribution in [3.8, 4) is 0 Å². The summed E-state index contributed by atoms with van der Waals surface area (Å²) in [6.07, 6.45) is 5.21. The predicted octanol–water partition coefficient (Wildman–Crippen LogP) is 2.18. The lowest BCUT2D eigenvalue weighted by molar-refractivity contribution is 0.0940. The van der Waals surface area contributed by atoms with Crippen molar-refractivity contribution in [3.05, 3.63) is 63.3 Å². The average Bonchev–Trinajstić information content (AvgIpc) is 3.44. The van der Waals surface area contributed by atoms with Gasteiger partial charge in [0.25, 0.3) is 11.5 Å². The van der Waals surface area contributed by atoms with Gasteiger partial charge in [-0.05, 0) is 49.1 Å². The van der Waals surface area contributed by atoms with Crippen molar-refractivity contribution in [2.45, 2.75) is 38.0 Å². The summed E-state index contributed by atoms with van der Waals surface area (Å²) in [5, 5.41) is 2.96. The number of amides is 1. The summed E-state index contributed by atoms with van der Waals surface area (Å²) in [6, 6.07) is 9.79. The van der Waals surface area contributed by atoms with Gasteiger partial charge in [-0.25, -0.2) is 4.98 Å². The molecule has 1 aromatic heterocycles. The third kappa shape index (κ3) is 3.25. The predicted molar refractivity (Wildman–Crippen MR) is 91.1 cm³/mol. The van der Waals surface area contributed by atoms with Gasteiger partial charge < -0.3 is 10.3 Å². The lowest BCUT2D eigenvalue weighted by Gasteiger charge is -2.24. The van der Waals surface area contributed by atoms with Crippen molar-refractivity contribution in [1.82, 2.24) is 15.3 Å². The van der Waals surface area contributed by atoms with E-state index in [0.717, 1.165) is 32.1 Å². The number of H-pyrrole nitrogens is 1. The Morgan fingerprint density at radius 2 is 2.00 bits per heavy atom. The molecule has 2 aromatic rings. The molecular formula is C19H21N3O2. The summed E-state index contributed by atoms with van der Waals surface area (Å²) < 4.78 is 0. The van der Waals surface area contributed by atoms with E-state index in [4.69, 9.17) is 0 Å². The normalized spacial score (nSPS) is 19.6. The third-order valence-electron chi connectivity index (χ3n) is 4.96. The first-order chi connectivity index (χ1) is 11.7. The van der Waals surface area contributed by atoms with Crippen LogP contribution in [0.3, 0.4) is 0 Å². The van der Waals surface area contributed by atoms with Crippen molar-refractivity contribution in [2.75, 3.05) is 6.54 Å². The van der Waals surface area contributed by atoms with Crippen LogP contribution in [0.1, 0.15) is 52.6 Å². The fourth-order valence-corrected chi connectivity index (χ4v) is 3.42. The van der Waals surface area contributed by atoms with Crippen LogP contribution < -0.4 is 10.9 Å². The summed E-state index contributed by atoms with van der Waals surface area (Å²) >= 11 is 0. The smallest absolute Gasteiger partial charge is 0.270 e. The number of aromatic nitrogens is 2. The van der Waals surface area contributed by atoms with Crippen LogP contribution in [0.25, 0.3) is 0 Å².